The van der Waals surface area contributed by atoms with E-state index in [4.69, 9.17) is 21.1 Å². The second-order valence-corrected chi connectivity index (χ2v) is 9.47. The summed E-state index contributed by atoms with van der Waals surface area (Å²) in [6, 6.07) is 20.4. The number of imide groups is 1. The minimum Gasteiger partial charge on any atom is -0.490 e. The fourth-order valence-corrected chi connectivity index (χ4v) is 4.75. The van der Waals surface area contributed by atoms with E-state index in [0.29, 0.717) is 46.4 Å². The van der Waals surface area contributed by atoms with Gasteiger partial charge in [0, 0.05) is 0 Å². The monoisotopic (exact) mass is 518 g/mol. The number of nitriles is 1. The molecule has 0 atom stereocenters. The van der Waals surface area contributed by atoms with Gasteiger partial charge in [-0.05, 0) is 66.6 Å². The molecule has 1 aliphatic rings. The van der Waals surface area contributed by atoms with Crippen molar-refractivity contribution in [2.24, 2.45) is 0 Å². The SMILES string of the molecule is CCOc1cc(/C=C2/SC(=O)N(Cc3ccccc3C#N)C2=O)cc(Cl)c1OCc1ccc(C)cc1. The number of aryl methyl sites for hydroxylation is 1. The van der Waals surface area contributed by atoms with Crippen LogP contribution in [0.2, 0.25) is 5.02 Å². The molecule has 1 aliphatic heterocycles. The van der Waals surface area contributed by atoms with Crippen molar-refractivity contribution in [2.75, 3.05) is 6.61 Å². The summed E-state index contributed by atoms with van der Waals surface area (Å²) in [5, 5.41) is 9.25. The van der Waals surface area contributed by atoms with E-state index in [-0.39, 0.29) is 11.4 Å². The van der Waals surface area contributed by atoms with Crippen LogP contribution in [0.3, 0.4) is 0 Å². The maximum Gasteiger partial charge on any atom is 0.293 e. The van der Waals surface area contributed by atoms with E-state index in [1.807, 2.05) is 38.1 Å². The van der Waals surface area contributed by atoms with E-state index >= 15 is 0 Å². The third-order valence-electron chi connectivity index (χ3n) is 5.47. The molecule has 2 amide bonds. The molecule has 182 valence electrons. The highest BCUT2D eigenvalue weighted by atomic mass is 35.5. The Morgan fingerprint density at radius 1 is 1.08 bits per heavy atom. The van der Waals surface area contributed by atoms with Crippen LogP contribution >= 0.6 is 23.4 Å². The van der Waals surface area contributed by atoms with Crippen LogP contribution in [0, 0.1) is 18.3 Å². The molecule has 1 saturated heterocycles. The Hall–Kier alpha value is -3.73. The van der Waals surface area contributed by atoms with Gasteiger partial charge in [-0.2, -0.15) is 5.26 Å². The van der Waals surface area contributed by atoms with Gasteiger partial charge in [-0.25, -0.2) is 0 Å². The van der Waals surface area contributed by atoms with Crippen LogP contribution in [0.1, 0.15) is 34.7 Å². The number of nitrogens with zero attached hydrogens (tertiary/aromatic N) is 2. The van der Waals surface area contributed by atoms with E-state index < -0.39 is 11.1 Å². The predicted octanol–water partition coefficient (Wildman–Crippen LogP) is 6.73. The molecule has 3 aromatic rings. The molecule has 1 heterocycles. The third-order valence-corrected chi connectivity index (χ3v) is 6.66. The lowest BCUT2D eigenvalue weighted by Gasteiger charge is -2.15. The smallest absolute Gasteiger partial charge is 0.293 e. The molecule has 8 heteroatoms. The zero-order chi connectivity index (χ0) is 25.7. The van der Waals surface area contributed by atoms with Crippen LogP contribution in [0.15, 0.2) is 65.6 Å². The number of carbonyl (C=O) groups is 2. The predicted molar refractivity (Wildman–Crippen MR) is 141 cm³/mol. The lowest BCUT2D eigenvalue weighted by molar-refractivity contribution is -0.123. The number of rotatable bonds is 8. The second kappa shape index (κ2) is 11.3. The molecule has 0 radical (unpaired) electrons. The molecule has 0 N–H and O–H groups in total. The first-order valence-corrected chi connectivity index (χ1v) is 12.5. The van der Waals surface area contributed by atoms with Crippen molar-refractivity contribution in [3.63, 3.8) is 0 Å². The largest absolute Gasteiger partial charge is 0.490 e. The van der Waals surface area contributed by atoms with Crippen LogP contribution in [-0.2, 0) is 17.9 Å². The van der Waals surface area contributed by atoms with E-state index in [0.717, 1.165) is 27.8 Å². The Morgan fingerprint density at radius 2 is 1.83 bits per heavy atom. The Kier molecular flexibility index (Phi) is 7.99. The molecular weight excluding hydrogens is 496 g/mol. The maximum absolute atomic E-state index is 13.0. The van der Waals surface area contributed by atoms with Gasteiger partial charge < -0.3 is 9.47 Å². The van der Waals surface area contributed by atoms with Crippen LogP contribution < -0.4 is 9.47 Å². The Morgan fingerprint density at radius 3 is 2.56 bits per heavy atom. The quantitative estimate of drug-likeness (QED) is 0.307. The fraction of sp³-hybridized carbons (Fsp3) is 0.179. The lowest BCUT2D eigenvalue weighted by atomic mass is 10.1. The van der Waals surface area contributed by atoms with Gasteiger partial charge in [0.2, 0.25) is 0 Å². The van der Waals surface area contributed by atoms with Gasteiger partial charge in [-0.1, -0.05) is 59.6 Å². The molecule has 0 spiro atoms. The zero-order valence-electron chi connectivity index (χ0n) is 19.8. The second-order valence-electron chi connectivity index (χ2n) is 8.07. The summed E-state index contributed by atoms with van der Waals surface area (Å²) in [5.74, 6) is 0.439. The summed E-state index contributed by atoms with van der Waals surface area (Å²) in [7, 11) is 0. The molecular formula is C28H23ClN2O4S. The summed E-state index contributed by atoms with van der Waals surface area (Å²) >= 11 is 7.40. The molecule has 0 aliphatic carbocycles. The molecule has 0 bridgehead atoms. The molecule has 0 unspecified atom stereocenters. The number of hydrogen-bond donors (Lipinski definition) is 0. The summed E-state index contributed by atoms with van der Waals surface area (Å²) in [5.41, 5.74) is 3.80. The standard InChI is InChI=1S/C28H23ClN2O4S/c1-3-34-24-13-20(12-23(29)26(24)35-17-19-10-8-18(2)9-11-19)14-25-27(32)31(28(33)36-25)16-22-7-5-4-6-21(22)15-30/h4-14H,3,16-17H2,1-2H3/b25-14+. The van der Waals surface area contributed by atoms with Crippen LogP contribution in [0.5, 0.6) is 11.5 Å². The first-order valence-electron chi connectivity index (χ1n) is 11.3. The van der Waals surface area contributed by atoms with Gasteiger partial charge in [0.1, 0.15) is 6.61 Å². The number of hydrogen-bond acceptors (Lipinski definition) is 6. The Labute approximate surface area is 219 Å². The van der Waals surface area contributed by atoms with E-state index in [1.165, 1.54) is 0 Å². The highest BCUT2D eigenvalue weighted by Gasteiger charge is 2.35. The van der Waals surface area contributed by atoms with E-state index in [2.05, 4.69) is 6.07 Å². The molecule has 1 fully saturated rings. The van der Waals surface area contributed by atoms with Crippen molar-refractivity contribution < 1.29 is 19.1 Å². The topological polar surface area (TPSA) is 79.6 Å². The molecule has 6 nitrogen and oxygen atoms in total. The summed E-state index contributed by atoms with van der Waals surface area (Å²) < 4.78 is 11.7. The van der Waals surface area contributed by atoms with Crippen molar-refractivity contribution >= 4 is 40.6 Å². The summed E-state index contributed by atoms with van der Waals surface area (Å²) in [6.45, 7) is 4.63. The Balaban J connectivity index is 1.56. The van der Waals surface area contributed by atoms with Gasteiger partial charge in [0.25, 0.3) is 11.1 Å². The van der Waals surface area contributed by atoms with Crippen molar-refractivity contribution in [3.8, 4) is 17.6 Å². The third kappa shape index (κ3) is 5.73. The van der Waals surface area contributed by atoms with Crippen molar-refractivity contribution in [1.29, 1.82) is 5.26 Å². The first-order chi connectivity index (χ1) is 17.4. The van der Waals surface area contributed by atoms with Gasteiger partial charge in [-0.15, -0.1) is 0 Å². The number of carbonyl (C=O) groups excluding carboxylic acids is 2. The molecule has 0 aromatic heterocycles. The van der Waals surface area contributed by atoms with E-state index in [1.54, 1.807) is 42.5 Å². The average molecular weight is 519 g/mol. The number of thioether (sulfide) groups is 1. The minimum absolute atomic E-state index is 0.0302. The fourth-order valence-electron chi connectivity index (χ4n) is 3.64. The zero-order valence-corrected chi connectivity index (χ0v) is 21.4. The Bertz CT molecular complexity index is 1380. The molecule has 0 saturated carbocycles. The van der Waals surface area contributed by atoms with Gasteiger partial charge >= 0.3 is 0 Å². The average Bonchev–Trinajstić information content (AvgIpc) is 3.12. The number of amides is 2. The van der Waals surface area contributed by atoms with Crippen molar-refractivity contribution in [3.05, 3.63) is 98.4 Å². The highest BCUT2D eigenvalue weighted by Crippen LogP contribution is 2.40. The number of benzene rings is 3. The minimum atomic E-state index is -0.425. The molecule has 36 heavy (non-hydrogen) atoms. The molecule has 3 aromatic carbocycles. The normalized spacial score (nSPS) is 14.3. The van der Waals surface area contributed by atoms with Crippen LogP contribution in [0.4, 0.5) is 4.79 Å². The molecule has 4 rings (SSSR count). The van der Waals surface area contributed by atoms with Crippen LogP contribution in [-0.4, -0.2) is 22.7 Å². The summed E-state index contributed by atoms with van der Waals surface area (Å²) in [6.07, 6.45) is 1.61. The van der Waals surface area contributed by atoms with Gasteiger partial charge in [0.05, 0.1) is 34.7 Å². The van der Waals surface area contributed by atoms with Gasteiger partial charge in [-0.3, -0.25) is 14.5 Å². The van der Waals surface area contributed by atoms with Crippen molar-refractivity contribution in [2.45, 2.75) is 27.0 Å². The van der Waals surface area contributed by atoms with Crippen molar-refractivity contribution in [1.82, 2.24) is 4.90 Å². The van der Waals surface area contributed by atoms with Gasteiger partial charge in [0.15, 0.2) is 11.5 Å². The van der Waals surface area contributed by atoms with E-state index in [9.17, 15) is 14.9 Å². The number of ether oxygens (including phenoxy) is 2. The first kappa shape index (κ1) is 25.4. The summed E-state index contributed by atoms with van der Waals surface area (Å²) in [4.78, 5) is 27.0. The van der Waals surface area contributed by atoms with Crippen LogP contribution in [0.25, 0.3) is 6.08 Å². The lowest BCUT2D eigenvalue weighted by Crippen LogP contribution is -2.27. The highest BCUT2D eigenvalue weighted by molar-refractivity contribution is 8.18. The number of halogens is 1. The maximum atomic E-state index is 13.0.